The van der Waals surface area contributed by atoms with Gasteiger partial charge in [-0.25, -0.2) is 9.97 Å². The molecule has 0 bridgehead atoms. The minimum absolute atomic E-state index is 0.0308. The quantitative estimate of drug-likeness (QED) is 0.512. The van der Waals surface area contributed by atoms with Crippen LogP contribution in [-0.4, -0.2) is 21.2 Å². The Bertz CT molecular complexity index is 1010. The predicted octanol–water partition coefficient (Wildman–Crippen LogP) is 3.98. The molecule has 0 atom stereocenters. The number of H-pyrrole nitrogens is 1. The van der Waals surface area contributed by atoms with Crippen molar-refractivity contribution in [3.8, 4) is 29.0 Å². The second kappa shape index (κ2) is 7.51. The lowest BCUT2D eigenvalue weighted by atomic mass is 10.1. The Balaban J connectivity index is 2.02. The first-order valence-electron chi connectivity index (χ1n) is 7.09. The molecule has 0 spiro atoms. The smallest absolute Gasteiger partial charge is 0.270 e. The summed E-state index contributed by atoms with van der Waals surface area (Å²) >= 11 is 4.62. The van der Waals surface area contributed by atoms with E-state index in [0.717, 1.165) is 4.47 Å². The first kappa shape index (κ1) is 17.2. The Hall–Kier alpha value is -2.63. The number of aromatic amines is 1. The lowest BCUT2D eigenvalue weighted by Gasteiger charge is -2.08. The summed E-state index contributed by atoms with van der Waals surface area (Å²) in [6, 6.07) is 12.5. The van der Waals surface area contributed by atoms with Crippen LogP contribution in [0.1, 0.15) is 5.56 Å². The second-order valence-corrected chi connectivity index (χ2v) is 6.57. The maximum atomic E-state index is 12.1. The zero-order valence-electron chi connectivity index (χ0n) is 13.0. The fourth-order valence-electron chi connectivity index (χ4n) is 2.11. The van der Waals surface area contributed by atoms with Crippen LogP contribution < -0.4 is 10.3 Å². The van der Waals surface area contributed by atoms with Crippen LogP contribution in [0, 0.1) is 11.3 Å². The molecule has 2 aromatic heterocycles. The number of hydrogen-bond acceptors (Lipinski definition) is 6. The minimum atomic E-state index is -0.460. The number of thioether (sulfide) groups is 1. The fraction of sp³-hybridized carbons (Fsp3) is 0.0588. The van der Waals surface area contributed by atoms with E-state index >= 15 is 0 Å². The Morgan fingerprint density at radius 2 is 2.16 bits per heavy atom. The molecular formula is C17H11BrN4O2S. The van der Waals surface area contributed by atoms with Gasteiger partial charge in [-0.1, -0.05) is 23.9 Å². The number of rotatable bonds is 4. The van der Waals surface area contributed by atoms with Crippen LogP contribution in [0.5, 0.6) is 11.6 Å². The molecule has 124 valence electrons. The molecule has 0 radical (unpaired) electrons. The van der Waals surface area contributed by atoms with Crippen LogP contribution in [0.2, 0.25) is 0 Å². The molecular weight excluding hydrogens is 404 g/mol. The third kappa shape index (κ3) is 3.90. The summed E-state index contributed by atoms with van der Waals surface area (Å²) in [5.41, 5.74) is 0.451. The van der Waals surface area contributed by atoms with Crippen LogP contribution in [0.15, 0.2) is 57.0 Å². The van der Waals surface area contributed by atoms with Crippen molar-refractivity contribution in [3.63, 3.8) is 0 Å². The van der Waals surface area contributed by atoms with E-state index in [4.69, 9.17) is 4.74 Å². The number of nitrogens with zero attached hydrogens (tertiary/aromatic N) is 3. The van der Waals surface area contributed by atoms with Gasteiger partial charge in [-0.3, -0.25) is 4.79 Å². The van der Waals surface area contributed by atoms with Crippen LogP contribution in [0.25, 0.3) is 11.3 Å². The first-order chi connectivity index (χ1) is 12.1. The van der Waals surface area contributed by atoms with E-state index in [-0.39, 0.29) is 5.56 Å². The third-order valence-corrected chi connectivity index (χ3v) is 4.28. The average Bonchev–Trinajstić information content (AvgIpc) is 2.63. The summed E-state index contributed by atoms with van der Waals surface area (Å²) in [6.07, 6.45) is 3.43. The maximum Gasteiger partial charge on any atom is 0.270 e. The SMILES string of the molecule is CSc1nc(-c2cccc(Oc3ccc(Br)cn3)c2)c(C#N)c(=O)[nH]1. The van der Waals surface area contributed by atoms with Crippen molar-refractivity contribution in [3.05, 3.63) is 63.0 Å². The maximum absolute atomic E-state index is 12.1. The number of hydrogen-bond donors (Lipinski definition) is 1. The molecule has 0 aliphatic rings. The van der Waals surface area contributed by atoms with E-state index in [2.05, 4.69) is 30.9 Å². The zero-order valence-corrected chi connectivity index (χ0v) is 15.4. The van der Waals surface area contributed by atoms with Crippen molar-refractivity contribution in [1.82, 2.24) is 15.0 Å². The van der Waals surface area contributed by atoms with Gasteiger partial charge in [0.25, 0.3) is 5.56 Å². The lowest BCUT2D eigenvalue weighted by Crippen LogP contribution is -2.14. The monoisotopic (exact) mass is 414 g/mol. The van der Waals surface area contributed by atoms with E-state index in [1.54, 1.807) is 42.8 Å². The molecule has 3 aromatic rings. The molecule has 0 fully saturated rings. The van der Waals surface area contributed by atoms with Crippen LogP contribution >= 0.6 is 27.7 Å². The molecule has 3 rings (SSSR count). The molecule has 1 aromatic carbocycles. The van der Waals surface area contributed by atoms with Gasteiger partial charge in [-0.2, -0.15) is 5.26 Å². The number of nitriles is 1. The van der Waals surface area contributed by atoms with E-state index in [1.165, 1.54) is 11.8 Å². The van der Waals surface area contributed by atoms with Crippen LogP contribution in [0.4, 0.5) is 0 Å². The van der Waals surface area contributed by atoms with Gasteiger partial charge in [-0.05, 0) is 40.4 Å². The highest BCUT2D eigenvalue weighted by molar-refractivity contribution is 9.10. The van der Waals surface area contributed by atoms with Crippen molar-refractivity contribution in [2.45, 2.75) is 5.16 Å². The lowest BCUT2D eigenvalue weighted by molar-refractivity contribution is 0.463. The van der Waals surface area contributed by atoms with Crippen molar-refractivity contribution in [2.24, 2.45) is 0 Å². The van der Waals surface area contributed by atoms with Crippen molar-refractivity contribution in [1.29, 1.82) is 5.26 Å². The molecule has 0 aliphatic carbocycles. The Morgan fingerprint density at radius 3 is 2.84 bits per heavy atom. The van der Waals surface area contributed by atoms with Crippen molar-refractivity contribution >= 4 is 27.7 Å². The van der Waals surface area contributed by atoms with Gasteiger partial charge < -0.3 is 9.72 Å². The third-order valence-electron chi connectivity index (χ3n) is 3.23. The highest BCUT2D eigenvalue weighted by Crippen LogP contribution is 2.27. The van der Waals surface area contributed by atoms with E-state index < -0.39 is 5.56 Å². The fourth-order valence-corrected chi connectivity index (χ4v) is 2.72. The Morgan fingerprint density at radius 1 is 1.32 bits per heavy atom. The molecule has 0 unspecified atom stereocenters. The highest BCUT2D eigenvalue weighted by atomic mass is 79.9. The Kier molecular flexibility index (Phi) is 5.16. The number of ether oxygens (including phenoxy) is 1. The molecule has 1 N–H and O–H groups in total. The molecule has 2 heterocycles. The Labute approximate surface area is 156 Å². The average molecular weight is 415 g/mol. The van der Waals surface area contributed by atoms with Crippen molar-refractivity contribution in [2.75, 3.05) is 6.26 Å². The summed E-state index contributed by atoms with van der Waals surface area (Å²) in [6.45, 7) is 0. The largest absolute Gasteiger partial charge is 0.439 e. The normalized spacial score (nSPS) is 10.3. The molecule has 0 amide bonds. The topological polar surface area (TPSA) is 91.7 Å². The van der Waals surface area contributed by atoms with Gasteiger partial charge in [0, 0.05) is 22.3 Å². The van der Waals surface area contributed by atoms with E-state index in [0.29, 0.717) is 28.0 Å². The van der Waals surface area contributed by atoms with Gasteiger partial charge in [0.15, 0.2) is 5.16 Å². The predicted molar refractivity (Wildman–Crippen MR) is 98.8 cm³/mol. The van der Waals surface area contributed by atoms with E-state index in [9.17, 15) is 10.1 Å². The van der Waals surface area contributed by atoms with Gasteiger partial charge in [-0.15, -0.1) is 0 Å². The summed E-state index contributed by atoms with van der Waals surface area (Å²) in [4.78, 5) is 23.1. The number of halogens is 1. The van der Waals surface area contributed by atoms with Crippen LogP contribution in [0.3, 0.4) is 0 Å². The van der Waals surface area contributed by atoms with Gasteiger partial charge in [0.2, 0.25) is 5.88 Å². The number of pyridine rings is 1. The van der Waals surface area contributed by atoms with Crippen LogP contribution in [-0.2, 0) is 0 Å². The molecule has 25 heavy (non-hydrogen) atoms. The second-order valence-electron chi connectivity index (χ2n) is 4.86. The molecule has 0 saturated heterocycles. The van der Waals surface area contributed by atoms with Gasteiger partial charge >= 0.3 is 0 Å². The molecule has 0 aliphatic heterocycles. The van der Waals surface area contributed by atoms with Gasteiger partial charge in [0.1, 0.15) is 17.4 Å². The van der Waals surface area contributed by atoms with Gasteiger partial charge in [0.05, 0.1) is 5.69 Å². The standard InChI is InChI=1S/C17H11BrN4O2S/c1-25-17-21-15(13(8-19)16(23)22-17)10-3-2-4-12(7-10)24-14-6-5-11(18)9-20-14/h2-7,9H,1H3,(H,21,22,23). The summed E-state index contributed by atoms with van der Waals surface area (Å²) in [5, 5.41) is 9.74. The number of benzene rings is 1. The summed E-state index contributed by atoms with van der Waals surface area (Å²) < 4.78 is 6.57. The molecule has 0 saturated carbocycles. The number of nitrogens with one attached hydrogen (secondary N) is 1. The van der Waals surface area contributed by atoms with E-state index in [1.807, 2.05) is 12.1 Å². The van der Waals surface area contributed by atoms with Crippen molar-refractivity contribution < 1.29 is 4.74 Å². The number of aromatic nitrogens is 3. The first-order valence-corrected chi connectivity index (χ1v) is 9.10. The molecule has 8 heteroatoms. The summed E-state index contributed by atoms with van der Waals surface area (Å²) in [5.74, 6) is 0.966. The summed E-state index contributed by atoms with van der Waals surface area (Å²) in [7, 11) is 0. The minimum Gasteiger partial charge on any atom is -0.439 e. The zero-order chi connectivity index (χ0) is 17.8. The highest BCUT2D eigenvalue weighted by Gasteiger charge is 2.14. The molecule has 6 nitrogen and oxygen atoms in total.